The molecule has 0 fully saturated rings. The minimum Gasteiger partial charge on any atom is -0.398 e. The quantitative estimate of drug-likeness (QED) is 0.528. The lowest BCUT2D eigenvalue weighted by atomic mass is 10.2. The van der Waals surface area contributed by atoms with Crippen LogP contribution in [0.15, 0.2) is 23.7 Å². The molecule has 7 heteroatoms. The number of anilines is 2. The van der Waals surface area contributed by atoms with Gasteiger partial charge in [0.15, 0.2) is 0 Å². The van der Waals surface area contributed by atoms with Gasteiger partial charge in [-0.2, -0.15) is 0 Å². The first-order valence-electron chi connectivity index (χ1n) is 5.62. The fourth-order valence-electron chi connectivity index (χ4n) is 1.73. The second kappa shape index (κ2) is 5.23. The molecule has 2 rings (SSSR count). The Bertz CT molecular complexity index is 612. The van der Waals surface area contributed by atoms with Gasteiger partial charge < -0.3 is 10.6 Å². The second-order valence-electron chi connectivity index (χ2n) is 4.26. The molecule has 2 aromatic rings. The summed E-state index contributed by atoms with van der Waals surface area (Å²) in [5.74, 6) is 0. The molecule has 0 aliphatic carbocycles. The largest absolute Gasteiger partial charge is 0.398 e. The van der Waals surface area contributed by atoms with Crippen LogP contribution < -0.4 is 10.6 Å². The van der Waals surface area contributed by atoms with Gasteiger partial charge in [-0.1, -0.05) is 0 Å². The number of nitro groups is 1. The molecule has 0 aliphatic rings. The van der Waals surface area contributed by atoms with Gasteiger partial charge in [-0.25, -0.2) is 4.98 Å². The van der Waals surface area contributed by atoms with Crippen LogP contribution in [0.1, 0.15) is 10.6 Å². The number of hydrogen-bond donors (Lipinski definition) is 1. The molecular formula is C12H14N4O2S. The van der Waals surface area contributed by atoms with E-state index >= 15 is 0 Å². The summed E-state index contributed by atoms with van der Waals surface area (Å²) >= 11 is 1.57. The molecule has 2 N–H and O–H groups in total. The molecule has 0 amide bonds. The zero-order chi connectivity index (χ0) is 14.0. The van der Waals surface area contributed by atoms with Gasteiger partial charge >= 0.3 is 0 Å². The van der Waals surface area contributed by atoms with E-state index in [-0.39, 0.29) is 5.69 Å². The van der Waals surface area contributed by atoms with Crippen molar-refractivity contribution in [1.29, 1.82) is 0 Å². The van der Waals surface area contributed by atoms with E-state index in [0.29, 0.717) is 12.2 Å². The van der Waals surface area contributed by atoms with E-state index in [1.54, 1.807) is 22.9 Å². The summed E-state index contributed by atoms with van der Waals surface area (Å²) in [6.45, 7) is 2.60. The van der Waals surface area contributed by atoms with Gasteiger partial charge in [-0.15, -0.1) is 11.3 Å². The van der Waals surface area contributed by atoms with Crippen LogP contribution >= 0.6 is 11.3 Å². The molecule has 0 saturated carbocycles. The highest BCUT2D eigenvalue weighted by Crippen LogP contribution is 2.26. The molecule has 0 spiro atoms. The molecule has 0 radical (unpaired) electrons. The first-order chi connectivity index (χ1) is 8.97. The Kier molecular flexibility index (Phi) is 3.66. The highest BCUT2D eigenvalue weighted by molar-refractivity contribution is 7.09. The fraction of sp³-hybridized carbons (Fsp3) is 0.250. The summed E-state index contributed by atoms with van der Waals surface area (Å²) in [6, 6.07) is 4.60. The van der Waals surface area contributed by atoms with Crippen LogP contribution in [0, 0.1) is 17.0 Å². The van der Waals surface area contributed by atoms with E-state index in [1.165, 1.54) is 12.1 Å². The Balaban J connectivity index is 2.26. The van der Waals surface area contributed by atoms with Gasteiger partial charge in [0, 0.05) is 35.4 Å². The van der Waals surface area contributed by atoms with Crippen molar-refractivity contribution in [2.75, 3.05) is 17.7 Å². The van der Waals surface area contributed by atoms with Crippen molar-refractivity contribution in [2.24, 2.45) is 0 Å². The van der Waals surface area contributed by atoms with Crippen LogP contribution in [-0.2, 0) is 6.54 Å². The number of hydrogen-bond acceptors (Lipinski definition) is 6. The van der Waals surface area contributed by atoms with Gasteiger partial charge in [0.05, 0.1) is 22.7 Å². The minimum absolute atomic E-state index is 0.00266. The number of nitrogen functional groups attached to an aromatic ring is 1. The molecule has 0 bridgehead atoms. The number of nitrogens with zero attached hydrogens (tertiary/aromatic N) is 3. The Hall–Kier alpha value is -2.15. The van der Waals surface area contributed by atoms with Crippen molar-refractivity contribution < 1.29 is 4.92 Å². The molecule has 100 valence electrons. The average molecular weight is 278 g/mol. The highest BCUT2D eigenvalue weighted by atomic mass is 32.1. The number of thiazole rings is 1. The van der Waals surface area contributed by atoms with Crippen molar-refractivity contribution in [2.45, 2.75) is 13.5 Å². The maximum Gasteiger partial charge on any atom is 0.273 e. The van der Waals surface area contributed by atoms with Crippen LogP contribution in [0.25, 0.3) is 0 Å². The smallest absolute Gasteiger partial charge is 0.273 e. The van der Waals surface area contributed by atoms with E-state index in [2.05, 4.69) is 4.98 Å². The highest BCUT2D eigenvalue weighted by Gasteiger charge is 2.12. The van der Waals surface area contributed by atoms with Crippen molar-refractivity contribution in [1.82, 2.24) is 4.98 Å². The van der Waals surface area contributed by atoms with Crippen molar-refractivity contribution in [3.05, 3.63) is 44.4 Å². The molecular weight excluding hydrogens is 264 g/mol. The number of aryl methyl sites for hydroxylation is 1. The van der Waals surface area contributed by atoms with Crippen molar-refractivity contribution in [3.63, 3.8) is 0 Å². The lowest BCUT2D eigenvalue weighted by Crippen LogP contribution is -2.16. The number of nitrogens with two attached hydrogens (primary N) is 1. The first kappa shape index (κ1) is 13.3. The van der Waals surface area contributed by atoms with Gasteiger partial charge in [0.25, 0.3) is 5.69 Å². The lowest BCUT2D eigenvalue weighted by Gasteiger charge is -2.19. The molecule has 1 aromatic carbocycles. The van der Waals surface area contributed by atoms with Gasteiger partial charge in [0.1, 0.15) is 0 Å². The second-order valence-corrected chi connectivity index (χ2v) is 5.20. The maximum absolute atomic E-state index is 10.8. The number of aromatic nitrogens is 1. The van der Waals surface area contributed by atoms with E-state index in [0.717, 1.165) is 16.3 Å². The van der Waals surface area contributed by atoms with Crippen LogP contribution in [0.2, 0.25) is 0 Å². The third-order valence-corrected chi connectivity index (χ3v) is 3.72. The molecule has 1 heterocycles. The van der Waals surface area contributed by atoms with Gasteiger partial charge in [0.2, 0.25) is 0 Å². The number of non-ortho nitro benzene ring substituents is 1. The number of benzene rings is 1. The molecule has 0 unspecified atom stereocenters. The molecule has 0 atom stereocenters. The third kappa shape index (κ3) is 3.00. The summed E-state index contributed by atoms with van der Waals surface area (Å²) in [5.41, 5.74) is 9.58. The summed E-state index contributed by atoms with van der Waals surface area (Å²) in [5, 5.41) is 10.8. The first-order valence-corrected chi connectivity index (χ1v) is 6.50. The van der Waals surface area contributed by atoms with Crippen molar-refractivity contribution in [3.8, 4) is 0 Å². The van der Waals surface area contributed by atoms with Crippen LogP contribution in [0.3, 0.4) is 0 Å². The van der Waals surface area contributed by atoms with Crippen LogP contribution in [0.4, 0.5) is 17.1 Å². The summed E-state index contributed by atoms with van der Waals surface area (Å²) in [4.78, 5) is 17.6. The fourth-order valence-corrected chi connectivity index (χ4v) is 2.56. The zero-order valence-electron chi connectivity index (χ0n) is 10.7. The molecule has 1 aromatic heterocycles. The predicted octanol–water partition coefficient (Wildman–Crippen LogP) is 2.58. The Morgan fingerprint density at radius 3 is 2.79 bits per heavy atom. The average Bonchev–Trinajstić information content (AvgIpc) is 2.74. The van der Waals surface area contributed by atoms with Gasteiger partial charge in [-0.3, -0.25) is 10.1 Å². The minimum atomic E-state index is -0.439. The molecule has 6 nitrogen and oxygen atoms in total. The van der Waals surface area contributed by atoms with Gasteiger partial charge in [-0.05, 0) is 13.0 Å². The summed E-state index contributed by atoms with van der Waals surface area (Å²) in [7, 11) is 1.87. The third-order valence-electron chi connectivity index (χ3n) is 2.80. The Morgan fingerprint density at radius 2 is 2.21 bits per heavy atom. The standard InChI is InChI=1S/C12H14N4O2S/c1-8-12(19-7-14-8)6-15(2)10-3-9(13)4-11(5-10)16(17)18/h3-5,7H,6,13H2,1-2H3. The number of nitro benzene ring substituents is 1. The summed E-state index contributed by atoms with van der Waals surface area (Å²) < 4.78 is 0. The normalized spacial score (nSPS) is 10.4. The number of rotatable bonds is 4. The van der Waals surface area contributed by atoms with E-state index in [9.17, 15) is 10.1 Å². The lowest BCUT2D eigenvalue weighted by molar-refractivity contribution is -0.384. The molecule has 19 heavy (non-hydrogen) atoms. The Morgan fingerprint density at radius 1 is 1.47 bits per heavy atom. The Labute approximate surface area is 114 Å². The van der Waals surface area contributed by atoms with E-state index in [4.69, 9.17) is 5.73 Å². The maximum atomic E-state index is 10.8. The van der Waals surface area contributed by atoms with Crippen molar-refractivity contribution >= 4 is 28.4 Å². The molecule has 0 aliphatic heterocycles. The van der Waals surface area contributed by atoms with E-state index < -0.39 is 4.92 Å². The van der Waals surface area contributed by atoms with Crippen LogP contribution in [0.5, 0.6) is 0 Å². The predicted molar refractivity (Wildman–Crippen MR) is 76.5 cm³/mol. The topological polar surface area (TPSA) is 85.3 Å². The van der Waals surface area contributed by atoms with Crippen LogP contribution in [-0.4, -0.2) is 17.0 Å². The SMILES string of the molecule is Cc1ncsc1CN(C)c1cc(N)cc([N+](=O)[O-])c1. The zero-order valence-corrected chi connectivity index (χ0v) is 11.5. The monoisotopic (exact) mass is 278 g/mol. The summed E-state index contributed by atoms with van der Waals surface area (Å²) in [6.07, 6.45) is 0. The van der Waals surface area contributed by atoms with E-state index in [1.807, 2.05) is 18.9 Å². The molecule has 0 saturated heterocycles.